The van der Waals surface area contributed by atoms with Crippen LogP contribution in [0.25, 0.3) is 0 Å². The maximum Gasteiger partial charge on any atom is 0.243 e. The molecule has 9 heteroatoms. The lowest BCUT2D eigenvalue weighted by atomic mass is 10.2. The van der Waals surface area contributed by atoms with E-state index in [-0.39, 0.29) is 29.8 Å². The van der Waals surface area contributed by atoms with E-state index in [1.165, 1.54) is 4.31 Å². The molecule has 2 saturated heterocycles. The first-order valence-corrected chi connectivity index (χ1v) is 12.3. The van der Waals surface area contributed by atoms with Crippen LogP contribution in [0, 0.1) is 0 Å². The smallest absolute Gasteiger partial charge is 0.243 e. The highest BCUT2D eigenvalue weighted by atomic mass is 32.2. The van der Waals surface area contributed by atoms with Crippen molar-refractivity contribution in [3.05, 3.63) is 24.3 Å². The third kappa shape index (κ3) is 5.51. The lowest BCUT2D eigenvalue weighted by molar-refractivity contribution is -0.131. The molecule has 2 fully saturated rings. The van der Waals surface area contributed by atoms with Gasteiger partial charge in [0.1, 0.15) is 5.75 Å². The van der Waals surface area contributed by atoms with Crippen LogP contribution < -0.4 is 10.1 Å². The van der Waals surface area contributed by atoms with Gasteiger partial charge in [-0.15, -0.1) is 0 Å². The van der Waals surface area contributed by atoms with Crippen molar-refractivity contribution in [3.8, 4) is 5.75 Å². The summed E-state index contributed by atoms with van der Waals surface area (Å²) in [5, 5.41) is 3.23. The van der Waals surface area contributed by atoms with E-state index in [1.807, 2.05) is 4.90 Å². The molecule has 1 amide bonds. The third-order valence-corrected chi connectivity index (χ3v) is 7.94. The fraction of sp³-hybridized carbons (Fsp3) is 0.667. The number of carbonyl (C=O) groups excluding carboxylic acids is 1. The van der Waals surface area contributed by atoms with Crippen LogP contribution in [0.3, 0.4) is 0 Å². The van der Waals surface area contributed by atoms with E-state index >= 15 is 0 Å². The normalized spacial score (nSPS) is 20.6. The highest BCUT2D eigenvalue weighted by Crippen LogP contribution is 2.24. The first-order valence-electron chi connectivity index (χ1n) is 10.8. The number of benzene rings is 1. The molecule has 1 aromatic rings. The van der Waals surface area contributed by atoms with Gasteiger partial charge in [-0.3, -0.25) is 9.69 Å². The molecule has 3 rings (SSSR count). The Morgan fingerprint density at radius 3 is 2.53 bits per heavy atom. The lowest BCUT2D eigenvalue weighted by Crippen LogP contribution is -2.48. The molecule has 1 aromatic carbocycles. The Balaban J connectivity index is 1.76. The van der Waals surface area contributed by atoms with Crippen LogP contribution in [-0.2, 0) is 14.8 Å². The Bertz CT molecular complexity index is 794. The molecule has 30 heavy (non-hydrogen) atoms. The predicted molar refractivity (Wildman–Crippen MR) is 116 cm³/mol. The van der Waals surface area contributed by atoms with Gasteiger partial charge in [-0.2, -0.15) is 4.31 Å². The number of nitrogens with one attached hydrogen (secondary N) is 1. The number of hydrogen-bond donors (Lipinski definition) is 1. The van der Waals surface area contributed by atoms with E-state index in [0.29, 0.717) is 25.4 Å². The van der Waals surface area contributed by atoms with Crippen LogP contribution in [0.1, 0.15) is 26.2 Å². The van der Waals surface area contributed by atoms with Crippen molar-refractivity contribution in [2.45, 2.75) is 37.1 Å². The van der Waals surface area contributed by atoms with Gasteiger partial charge < -0.3 is 15.0 Å². The van der Waals surface area contributed by atoms with E-state index in [4.69, 9.17) is 4.74 Å². The van der Waals surface area contributed by atoms with Crippen LogP contribution in [0.4, 0.5) is 0 Å². The maximum absolute atomic E-state index is 13.4. The molecular formula is C21H34N4O4S. The minimum absolute atomic E-state index is 0.0187. The second-order valence-electron chi connectivity index (χ2n) is 7.84. The molecule has 2 aliphatic heterocycles. The van der Waals surface area contributed by atoms with Gasteiger partial charge in [-0.25, -0.2) is 8.42 Å². The average Bonchev–Trinajstić information content (AvgIpc) is 3.24. The van der Waals surface area contributed by atoms with Gasteiger partial charge in [0.15, 0.2) is 0 Å². The van der Waals surface area contributed by atoms with Crippen molar-refractivity contribution >= 4 is 15.9 Å². The van der Waals surface area contributed by atoms with Gasteiger partial charge in [0, 0.05) is 51.7 Å². The summed E-state index contributed by atoms with van der Waals surface area (Å²) in [6.45, 7) is 7.54. The molecule has 8 nitrogen and oxygen atoms in total. The van der Waals surface area contributed by atoms with Gasteiger partial charge in [0.2, 0.25) is 15.9 Å². The molecule has 0 bridgehead atoms. The molecule has 0 spiro atoms. The third-order valence-electron chi connectivity index (χ3n) is 6.06. The van der Waals surface area contributed by atoms with E-state index < -0.39 is 10.0 Å². The largest absolute Gasteiger partial charge is 0.497 e. The summed E-state index contributed by atoms with van der Waals surface area (Å²) in [7, 11) is -2.15. The number of methoxy groups -OCH3 is 1. The second kappa shape index (κ2) is 10.6. The lowest BCUT2D eigenvalue weighted by Gasteiger charge is -2.31. The number of likely N-dealkylation sites (N-methyl/N-ethyl adjacent to an activating group) is 1. The fourth-order valence-electron chi connectivity index (χ4n) is 4.25. The number of hydrogen-bond acceptors (Lipinski definition) is 6. The van der Waals surface area contributed by atoms with E-state index in [2.05, 4.69) is 17.1 Å². The summed E-state index contributed by atoms with van der Waals surface area (Å²) >= 11 is 0. The second-order valence-corrected chi connectivity index (χ2v) is 9.78. The van der Waals surface area contributed by atoms with Crippen LogP contribution in [0.2, 0.25) is 0 Å². The number of nitrogens with zero attached hydrogens (tertiary/aromatic N) is 3. The van der Waals surface area contributed by atoms with E-state index in [1.54, 1.807) is 31.4 Å². The quantitative estimate of drug-likeness (QED) is 0.619. The summed E-state index contributed by atoms with van der Waals surface area (Å²) in [6.07, 6.45) is 2.26. The van der Waals surface area contributed by atoms with E-state index in [9.17, 15) is 13.2 Å². The van der Waals surface area contributed by atoms with Crippen molar-refractivity contribution in [1.82, 2.24) is 19.4 Å². The molecule has 2 aliphatic rings. The minimum atomic E-state index is -3.70. The summed E-state index contributed by atoms with van der Waals surface area (Å²) in [6, 6.07) is 6.66. The first-order chi connectivity index (χ1) is 14.5. The Hall–Kier alpha value is -1.68. The Labute approximate surface area is 180 Å². The molecule has 0 aromatic heterocycles. The molecule has 168 valence electrons. The van der Waals surface area contributed by atoms with Crippen molar-refractivity contribution in [2.24, 2.45) is 0 Å². The summed E-state index contributed by atoms with van der Waals surface area (Å²) in [5.41, 5.74) is 0. The monoisotopic (exact) mass is 438 g/mol. The van der Waals surface area contributed by atoms with E-state index in [0.717, 1.165) is 39.0 Å². The first kappa shape index (κ1) is 23.0. The number of amides is 1. The Kier molecular flexibility index (Phi) is 8.10. The Morgan fingerprint density at radius 1 is 1.20 bits per heavy atom. The summed E-state index contributed by atoms with van der Waals surface area (Å²) < 4.78 is 33.5. The zero-order valence-electron chi connectivity index (χ0n) is 18.0. The zero-order valence-corrected chi connectivity index (χ0v) is 18.9. The van der Waals surface area contributed by atoms with Crippen LogP contribution in [0.15, 0.2) is 29.2 Å². The van der Waals surface area contributed by atoms with Gasteiger partial charge in [0.25, 0.3) is 0 Å². The van der Waals surface area contributed by atoms with Crippen LogP contribution >= 0.6 is 0 Å². The molecule has 0 aliphatic carbocycles. The van der Waals surface area contributed by atoms with Crippen LogP contribution in [0.5, 0.6) is 5.75 Å². The number of piperazine rings is 1. The Morgan fingerprint density at radius 2 is 1.90 bits per heavy atom. The highest BCUT2D eigenvalue weighted by Gasteiger charge is 2.32. The minimum Gasteiger partial charge on any atom is -0.497 e. The molecule has 2 heterocycles. The van der Waals surface area contributed by atoms with Crippen molar-refractivity contribution in [2.75, 3.05) is 59.5 Å². The van der Waals surface area contributed by atoms with Gasteiger partial charge in [-0.05, 0) is 50.2 Å². The molecule has 0 radical (unpaired) electrons. The molecule has 1 N–H and O–H groups in total. The number of carbonyl (C=O) groups is 1. The highest BCUT2D eigenvalue weighted by molar-refractivity contribution is 7.89. The fourth-order valence-corrected chi connectivity index (χ4v) is 5.73. The summed E-state index contributed by atoms with van der Waals surface area (Å²) in [4.78, 5) is 17.0. The molecule has 0 unspecified atom stereocenters. The SMILES string of the molecule is CCN1CCC[C@@H]1CN(CCC(=O)N1CCNCC1)S(=O)(=O)c1ccc(OC)cc1. The standard InChI is InChI=1S/C21H34N4O4S/c1-3-23-13-4-5-18(23)17-25(14-10-21(26)24-15-11-22-12-16-24)30(27,28)20-8-6-19(29-2)7-9-20/h6-9,18,22H,3-5,10-17H2,1-2H3/t18-/m1/s1. The number of rotatable bonds is 9. The van der Waals surface area contributed by atoms with Crippen molar-refractivity contribution < 1.29 is 17.9 Å². The van der Waals surface area contributed by atoms with Crippen LogP contribution in [-0.4, -0.2) is 93.9 Å². The van der Waals surface area contributed by atoms with Crippen molar-refractivity contribution in [1.29, 1.82) is 0 Å². The number of likely N-dealkylation sites (tertiary alicyclic amines) is 1. The van der Waals surface area contributed by atoms with Gasteiger partial charge in [-0.1, -0.05) is 6.92 Å². The molecule has 1 atom stereocenters. The zero-order chi connectivity index (χ0) is 21.6. The predicted octanol–water partition coefficient (Wildman–Crippen LogP) is 0.992. The van der Waals surface area contributed by atoms with Gasteiger partial charge >= 0.3 is 0 Å². The number of sulfonamides is 1. The molecule has 0 saturated carbocycles. The maximum atomic E-state index is 13.4. The summed E-state index contributed by atoms with van der Waals surface area (Å²) in [5.74, 6) is 0.632. The van der Waals surface area contributed by atoms with Gasteiger partial charge in [0.05, 0.1) is 12.0 Å². The topological polar surface area (TPSA) is 82.2 Å². The average molecular weight is 439 g/mol. The number of ether oxygens (including phenoxy) is 1. The molecular weight excluding hydrogens is 404 g/mol. The van der Waals surface area contributed by atoms with Crippen molar-refractivity contribution in [3.63, 3.8) is 0 Å².